The third-order valence-corrected chi connectivity index (χ3v) is 3.46. The van der Waals surface area contributed by atoms with Crippen molar-refractivity contribution in [3.05, 3.63) is 65.7 Å². The average Bonchev–Trinajstić information content (AvgIpc) is 2.93. The Hall–Kier alpha value is -2.33. The van der Waals surface area contributed by atoms with Crippen LogP contribution in [-0.4, -0.2) is 18.7 Å². The molecule has 1 atom stereocenters. The molecular weight excluding hydrogens is 266 g/mol. The number of hydrogen-bond acceptors (Lipinski definition) is 4. The number of rotatable bonds is 5. The molecule has 0 aliphatic carbocycles. The smallest absolute Gasteiger partial charge is 0.324 e. The van der Waals surface area contributed by atoms with Crippen molar-refractivity contribution < 1.29 is 14.3 Å². The Bertz CT molecular complexity index is 612. The summed E-state index contributed by atoms with van der Waals surface area (Å²) in [6.45, 7) is 0.803. The normalized spacial score (nSPS) is 17.5. The summed E-state index contributed by atoms with van der Waals surface area (Å²) < 4.78 is 10.8. The van der Waals surface area contributed by atoms with Crippen LogP contribution in [0.3, 0.4) is 0 Å². The first-order valence-corrected chi connectivity index (χ1v) is 6.97. The van der Waals surface area contributed by atoms with E-state index in [0.717, 1.165) is 16.9 Å². The highest BCUT2D eigenvalue weighted by atomic mass is 16.6. The fraction of sp³-hybridized carbons (Fsp3) is 0.235. The Labute approximate surface area is 123 Å². The van der Waals surface area contributed by atoms with E-state index in [-0.39, 0.29) is 18.7 Å². The maximum Gasteiger partial charge on any atom is 0.324 e. The number of cyclic esters (lactones) is 1. The van der Waals surface area contributed by atoms with Gasteiger partial charge in [-0.1, -0.05) is 48.5 Å². The minimum atomic E-state index is -0.286. The van der Waals surface area contributed by atoms with E-state index in [0.29, 0.717) is 13.0 Å². The first-order valence-electron chi connectivity index (χ1n) is 6.97. The van der Waals surface area contributed by atoms with Crippen molar-refractivity contribution in [1.29, 1.82) is 0 Å². The van der Waals surface area contributed by atoms with Gasteiger partial charge in [0.15, 0.2) is 0 Å². The predicted octanol–water partition coefficient (Wildman–Crippen LogP) is 2.28. The van der Waals surface area contributed by atoms with Crippen LogP contribution in [0.4, 0.5) is 0 Å². The molecule has 1 fully saturated rings. The van der Waals surface area contributed by atoms with Gasteiger partial charge in [0, 0.05) is 6.42 Å². The summed E-state index contributed by atoms with van der Waals surface area (Å²) in [5.41, 5.74) is 2.12. The fourth-order valence-corrected chi connectivity index (χ4v) is 2.32. The second-order valence-corrected chi connectivity index (χ2v) is 4.95. The number of para-hydroxylation sites is 1. The first kappa shape index (κ1) is 13.6. The Balaban J connectivity index is 1.69. The summed E-state index contributed by atoms with van der Waals surface area (Å²) in [7, 11) is 0. The van der Waals surface area contributed by atoms with Crippen molar-refractivity contribution >= 4 is 5.97 Å². The maximum absolute atomic E-state index is 11.5. The van der Waals surface area contributed by atoms with Crippen molar-refractivity contribution in [3.8, 4) is 5.75 Å². The van der Waals surface area contributed by atoms with E-state index in [1.165, 1.54) is 0 Å². The van der Waals surface area contributed by atoms with E-state index < -0.39 is 0 Å². The topological polar surface area (TPSA) is 47.6 Å². The van der Waals surface area contributed by atoms with E-state index in [1.807, 2.05) is 54.6 Å². The molecule has 0 amide bonds. The van der Waals surface area contributed by atoms with Crippen LogP contribution in [0.15, 0.2) is 54.6 Å². The maximum atomic E-state index is 11.5. The Morgan fingerprint density at radius 2 is 1.86 bits per heavy atom. The number of carbonyl (C=O) groups is 1. The molecule has 0 bridgehead atoms. The van der Waals surface area contributed by atoms with Crippen LogP contribution in [-0.2, 0) is 22.6 Å². The van der Waals surface area contributed by atoms with Crippen molar-refractivity contribution in [2.45, 2.75) is 19.1 Å². The molecule has 4 heteroatoms. The zero-order valence-electron chi connectivity index (χ0n) is 11.6. The zero-order valence-corrected chi connectivity index (χ0v) is 11.6. The summed E-state index contributed by atoms with van der Waals surface area (Å²) >= 11 is 0. The first-order chi connectivity index (χ1) is 10.3. The molecule has 0 spiro atoms. The number of nitrogens with one attached hydrogen (secondary N) is 1. The van der Waals surface area contributed by atoms with Crippen LogP contribution >= 0.6 is 0 Å². The van der Waals surface area contributed by atoms with Gasteiger partial charge in [0.05, 0.1) is 0 Å². The quantitative estimate of drug-likeness (QED) is 0.855. The molecule has 1 N–H and O–H groups in total. The second kappa shape index (κ2) is 6.41. The average molecular weight is 283 g/mol. The third-order valence-electron chi connectivity index (χ3n) is 3.46. The Kier molecular flexibility index (Phi) is 4.17. The summed E-state index contributed by atoms with van der Waals surface area (Å²) in [6.07, 6.45) is 0.573. The van der Waals surface area contributed by atoms with Gasteiger partial charge in [-0.05, 0) is 17.2 Å². The van der Waals surface area contributed by atoms with Crippen LogP contribution < -0.4 is 10.1 Å². The molecule has 1 aliphatic rings. The molecule has 4 nitrogen and oxygen atoms in total. The Morgan fingerprint density at radius 1 is 1.10 bits per heavy atom. The lowest BCUT2D eigenvalue weighted by Crippen LogP contribution is -2.29. The predicted molar refractivity (Wildman–Crippen MR) is 78.8 cm³/mol. The van der Waals surface area contributed by atoms with Gasteiger partial charge < -0.3 is 9.47 Å². The second-order valence-electron chi connectivity index (χ2n) is 4.95. The molecule has 2 aromatic carbocycles. The lowest BCUT2D eigenvalue weighted by molar-refractivity contribution is -0.139. The van der Waals surface area contributed by atoms with E-state index in [9.17, 15) is 4.79 Å². The Morgan fingerprint density at radius 3 is 2.62 bits per heavy atom. The zero-order chi connectivity index (χ0) is 14.5. The molecule has 108 valence electrons. The van der Waals surface area contributed by atoms with Gasteiger partial charge in [-0.3, -0.25) is 10.1 Å². The van der Waals surface area contributed by atoms with Crippen LogP contribution in [0.2, 0.25) is 0 Å². The third kappa shape index (κ3) is 3.41. The van der Waals surface area contributed by atoms with E-state index in [1.54, 1.807) is 0 Å². The van der Waals surface area contributed by atoms with E-state index in [2.05, 4.69) is 5.32 Å². The number of ether oxygens (including phenoxy) is 2. The van der Waals surface area contributed by atoms with Crippen molar-refractivity contribution in [2.24, 2.45) is 0 Å². The van der Waals surface area contributed by atoms with Crippen molar-refractivity contribution in [2.75, 3.05) is 6.73 Å². The highest BCUT2D eigenvalue weighted by Gasteiger charge is 2.26. The van der Waals surface area contributed by atoms with Crippen LogP contribution in [0.5, 0.6) is 5.75 Å². The van der Waals surface area contributed by atoms with E-state index in [4.69, 9.17) is 9.47 Å². The molecule has 0 saturated carbocycles. The van der Waals surface area contributed by atoms with Gasteiger partial charge in [-0.2, -0.15) is 0 Å². The van der Waals surface area contributed by atoms with Gasteiger partial charge in [0.1, 0.15) is 25.1 Å². The summed E-state index contributed by atoms with van der Waals surface area (Å²) in [6, 6.07) is 17.5. The molecular formula is C17H17NO3. The molecule has 3 rings (SSSR count). The number of hydrogen-bond donors (Lipinski definition) is 1. The van der Waals surface area contributed by atoms with Crippen molar-refractivity contribution in [3.63, 3.8) is 0 Å². The fourth-order valence-electron chi connectivity index (χ4n) is 2.32. The highest BCUT2D eigenvalue weighted by molar-refractivity contribution is 5.77. The van der Waals surface area contributed by atoms with E-state index >= 15 is 0 Å². The standard InChI is InChI=1S/C17H17NO3/c19-17-15(18-12-21-17)10-14-8-4-5-9-16(14)20-11-13-6-2-1-3-7-13/h1-9,15,18H,10-12H2. The minimum absolute atomic E-state index is 0.201. The van der Waals surface area contributed by atoms with Gasteiger partial charge in [-0.25, -0.2) is 0 Å². The van der Waals surface area contributed by atoms with Gasteiger partial charge >= 0.3 is 5.97 Å². The molecule has 1 saturated heterocycles. The van der Waals surface area contributed by atoms with Gasteiger partial charge in [0.25, 0.3) is 0 Å². The van der Waals surface area contributed by atoms with Crippen LogP contribution in [0.25, 0.3) is 0 Å². The summed E-state index contributed by atoms with van der Waals surface area (Å²) in [5, 5.41) is 3.03. The number of benzene rings is 2. The SMILES string of the molecule is O=C1OCNC1Cc1ccccc1OCc1ccccc1. The highest BCUT2D eigenvalue weighted by Crippen LogP contribution is 2.22. The molecule has 2 aromatic rings. The molecule has 1 heterocycles. The van der Waals surface area contributed by atoms with Crippen molar-refractivity contribution in [1.82, 2.24) is 5.32 Å². The monoisotopic (exact) mass is 283 g/mol. The van der Waals surface area contributed by atoms with Gasteiger partial charge in [0.2, 0.25) is 0 Å². The lowest BCUT2D eigenvalue weighted by atomic mass is 10.1. The molecule has 21 heavy (non-hydrogen) atoms. The molecule has 0 radical (unpaired) electrons. The van der Waals surface area contributed by atoms with Crippen LogP contribution in [0.1, 0.15) is 11.1 Å². The van der Waals surface area contributed by atoms with Crippen LogP contribution in [0, 0.1) is 0 Å². The summed E-state index contributed by atoms with van der Waals surface area (Å²) in [4.78, 5) is 11.5. The number of esters is 1. The largest absolute Gasteiger partial charge is 0.489 e. The summed E-state index contributed by atoms with van der Waals surface area (Å²) in [5.74, 6) is 0.607. The number of carbonyl (C=O) groups excluding carboxylic acids is 1. The van der Waals surface area contributed by atoms with Gasteiger partial charge in [-0.15, -0.1) is 0 Å². The minimum Gasteiger partial charge on any atom is -0.489 e. The molecule has 1 aliphatic heterocycles. The molecule has 0 aromatic heterocycles. The molecule has 1 unspecified atom stereocenters. The lowest BCUT2D eigenvalue weighted by Gasteiger charge is -2.13.